The number of halogens is 3. The summed E-state index contributed by atoms with van der Waals surface area (Å²) in [6.07, 6.45) is -1.39. The lowest BCUT2D eigenvalue weighted by Gasteiger charge is -2.09. The highest BCUT2D eigenvalue weighted by molar-refractivity contribution is 5.87. The SMILES string of the molecule is COCc1cc(-n2cc3nc(-c4cnc(OC)c(OC)c4)ccc3c2O)nn1CC(F)(F)F. The van der Waals surface area contributed by atoms with Gasteiger partial charge < -0.3 is 19.3 Å². The summed E-state index contributed by atoms with van der Waals surface area (Å²) < 4.78 is 56.3. The van der Waals surface area contributed by atoms with E-state index < -0.39 is 12.7 Å². The summed E-state index contributed by atoms with van der Waals surface area (Å²) in [4.78, 5) is 8.75. The third kappa shape index (κ3) is 4.42. The van der Waals surface area contributed by atoms with Crippen molar-refractivity contribution >= 4 is 10.9 Å². The Morgan fingerprint density at radius 1 is 1.09 bits per heavy atom. The third-order valence-electron chi connectivity index (χ3n) is 4.89. The summed E-state index contributed by atoms with van der Waals surface area (Å²) in [7, 11) is 4.35. The maximum absolute atomic E-state index is 12.9. The van der Waals surface area contributed by atoms with Crippen molar-refractivity contribution in [2.24, 2.45) is 0 Å². The summed E-state index contributed by atoms with van der Waals surface area (Å²) in [5.41, 5.74) is 1.83. The molecule has 0 spiro atoms. The van der Waals surface area contributed by atoms with Gasteiger partial charge in [0.25, 0.3) is 5.88 Å². The predicted molar refractivity (Wildman–Crippen MR) is 112 cm³/mol. The first-order valence-electron chi connectivity index (χ1n) is 9.66. The molecule has 0 saturated heterocycles. The van der Waals surface area contributed by atoms with E-state index in [0.29, 0.717) is 33.8 Å². The van der Waals surface area contributed by atoms with Crippen LogP contribution in [0.3, 0.4) is 0 Å². The van der Waals surface area contributed by atoms with Gasteiger partial charge >= 0.3 is 6.18 Å². The molecule has 4 aromatic rings. The topological polar surface area (TPSA) is 96.5 Å². The Bertz CT molecular complexity index is 1300. The van der Waals surface area contributed by atoms with E-state index in [2.05, 4.69) is 15.1 Å². The van der Waals surface area contributed by atoms with E-state index in [9.17, 15) is 18.3 Å². The van der Waals surface area contributed by atoms with Crippen LogP contribution >= 0.6 is 0 Å². The summed E-state index contributed by atoms with van der Waals surface area (Å²) in [5.74, 6) is 0.664. The van der Waals surface area contributed by atoms with E-state index in [1.807, 2.05) is 0 Å². The van der Waals surface area contributed by atoms with Crippen molar-refractivity contribution in [3.8, 4) is 34.6 Å². The van der Waals surface area contributed by atoms with Crippen LogP contribution in [0.5, 0.6) is 17.5 Å². The van der Waals surface area contributed by atoms with Crippen LogP contribution in [0.25, 0.3) is 28.0 Å². The van der Waals surface area contributed by atoms with Gasteiger partial charge in [0.15, 0.2) is 11.6 Å². The zero-order valence-electron chi connectivity index (χ0n) is 17.9. The quantitative estimate of drug-likeness (QED) is 0.446. The van der Waals surface area contributed by atoms with Crippen molar-refractivity contribution in [1.82, 2.24) is 24.3 Å². The molecule has 0 aliphatic rings. The van der Waals surface area contributed by atoms with Crippen molar-refractivity contribution in [2.45, 2.75) is 19.3 Å². The number of fused-ring (bicyclic) bond motifs is 1. The number of pyridine rings is 2. The molecular formula is C21H20F3N5O4. The van der Waals surface area contributed by atoms with Gasteiger partial charge in [0.1, 0.15) is 6.54 Å². The average Bonchev–Trinajstić information content (AvgIpc) is 3.32. The van der Waals surface area contributed by atoms with Gasteiger partial charge in [-0.25, -0.2) is 9.97 Å². The predicted octanol–water partition coefficient (Wildman–Crippen LogP) is 3.72. The van der Waals surface area contributed by atoms with Crippen LogP contribution in [0.1, 0.15) is 5.69 Å². The van der Waals surface area contributed by atoms with Gasteiger partial charge in [0.05, 0.1) is 43.1 Å². The maximum Gasteiger partial charge on any atom is 0.408 e. The number of rotatable bonds is 7. The van der Waals surface area contributed by atoms with Crippen LogP contribution in [0.15, 0.2) is 36.7 Å². The summed E-state index contributed by atoms with van der Waals surface area (Å²) >= 11 is 0. The Morgan fingerprint density at radius 3 is 2.55 bits per heavy atom. The summed E-state index contributed by atoms with van der Waals surface area (Å²) in [5, 5.41) is 15.1. The lowest BCUT2D eigenvalue weighted by Crippen LogP contribution is -2.20. The Kier molecular flexibility index (Phi) is 5.85. The number of aromatic hydroxyl groups is 1. The van der Waals surface area contributed by atoms with Crippen LogP contribution in [0, 0.1) is 0 Å². The molecule has 0 saturated carbocycles. The van der Waals surface area contributed by atoms with Crippen molar-refractivity contribution in [3.05, 3.63) is 42.4 Å². The van der Waals surface area contributed by atoms with Crippen LogP contribution in [-0.4, -0.2) is 56.9 Å². The fourth-order valence-corrected chi connectivity index (χ4v) is 3.41. The number of ether oxygens (including phenoxy) is 3. The number of hydrogen-bond donors (Lipinski definition) is 1. The van der Waals surface area contributed by atoms with Crippen molar-refractivity contribution in [3.63, 3.8) is 0 Å². The van der Waals surface area contributed by atoms with Crippen LogP contribution in [0.4, 0.5) is 13.2 Å². The molecule has 1 N–H and O–H groups in total. The van der Waals surface area contributed by atoms with Gasteiger partial charge in [0, 0.05) is 31.1 Å². The molecule has 0 atom stereocenters. The first-order valence-corrected chi connectivity index (χ1v) is 9.66. The molecule has 174 valence electrons. The van der Waals surface area contributed by atoms with Gasteiger partial charge in [0.2, 0.25) is 5.88 Å². The molecule has 4 aromatic heterocycles. The zero-order valence-corrected chi connectivity index (χ0v) is 17.9. The molecule has 0 aliphatic heterocycles. The molecule has 0 aliphatic carbocycles. The molecule has 4 rings (SSSR count). The second kappa shape index (κ2) is 8.62. The van der Waals surface area contributed by atoms with E-state index in [-0.39, 0.29) is 24.0 Å². The summed E-state index contributed by atoms with van der Waals surface area (Å²) in [6, 6.07) is 6.48. The van der Waals surface area contributed by atoms with E-state index in [4.69, 9.17) is 14.2 Å². The van der Waals surface area contributed by atoms with Crippen LogP contribution in [-0.2, 0) is 17.9 Å². The summed E-state index contributed by atoms with van der Waals surface area (Å²) in [6.45, 7) is -1.35. The number of hydrogen-bond acceptors (Lipinski definition) is 7. The number of methoxy groups -OCH3 is 3. The minimum Gasteiger partial charge on any atom is -0.494 e. The molecule has 12 heteroatoms. The fourth-order valence-electron chi connectivity index (χ4n) is 3.41. The van der Waals surface area contributed by atoms with Gasteiger partial charge in [-0.2, -0.15) is 18.3 Å². The van der Waals surface area contributed by atoms with Crippen molar-refractivity contribution in [2.75, 3.05) is 21.3 Å². The van der Waals surface area contributed by atoms with E-state index in [0.717, 1.165) is 4.68 Å². The monoisotopic (exact) mass is 463 g/mol. The number of aromatic nitrogens is 5. The number of nitrogens with zero attached hydrogens (tertiary/aromatic N) is 5. The molecule has 9 nitrogen and oxygen atoms in total. The minimum absolute atomic E-state index is 0.0701. The van der Waals surface area contributed by atoms with Crippen molar-refractivity contribution < 1.29 is 32.5 Å². The lowest BCUT2D eigenvalue weighted by molar-refractivity contribution is -0.143. The van der Waals surface area contributed by atoms with E-state index in [1.165, 1.54) is 38.2 Å². The normalized spacial score (nSPS) is 11.8. The molecule has 0 unspecified atom stereocenters. The smallest absolute Gasteiger partial charge is 0.408 e. The highest BCUT2D eigenvalue weighted by Gasteiger charge is 2.30. The highest BCUT2D eigenvalue weighted by Crippen LogP contribution is 2.33. The van der Waals surface area contributed by atoms with Crippen LogP contribution in [0.2, 0.25) is 0 Å². The average molecular weight is 463 g/mol. The largest absolute Gasteiger partial charge is 0.494 e. The van der Waals surface area contributed by atoms with E-state index in [1.54, 1.807) is 24.4 Å². The first-order chi connectivity index (χ1) is 15.7. The Morgan fingerprint density at radius 2 is 1.88 bits per heavy atom. The molecule has 0 amide bonds. The minimum atomic E-state index is -4.46. The number of alkyl halides is 3. The van der Waals surface area contributed by atoms with Crippen LogP contribution < -0.4 is 9.47 Å². The van der Waals surface area contributed by atoms with E-state index >= 15 is 0 Å². The molecule has 0 aromatic carbocycles. The molecule has 33 heavy (non-hydrogen) atoms. The molecule has 4 heterocycles. The lowest BCUT2D eigenvalue weighted by atomic mass is 10.1. The Balaban J connectivity index is 1.76. The standard InChI is InChI=1S/C21H20F3N5O4/c1-31-10-13-7-18(27-29(13)11-21(22,23)24)28-9-16-14(20(28)30)4-5-15(26-16)12-6-17(32-2)19(33-3)25-8-12/h4-9,30H,10-11H2,1-3H3. The highest BCUT2D eigenvalue weighted by atomic mass is 19.4. The Hall–Kier alpha value is -3.80. The molecule has 0 radical (unpaired) electrons. The molecular weight excluding hydrogens is 443 g/mol. The van der Waals surface area contributed by atoms with Gasteiger partial charge in [-0.15, -0.1) is 0 Å². The Labute approximate surface area is 186 Å². The third-order valence-corrected chi connectivity index (χ3v) is 4.89. The van der Waals surface area contributed by atoms with Gasteiger partial charge in [-0.3, -0.25) is 9.25 Å². The second-order valence-corrected chi connectivity index (χ2v) is 7.09. The van der Waals surface area contributed by atoms with Crippen molar-refractivity contribution in [1.29, 1.82) is 0 Å². The second-order valence-electron chi connectivity index (χ2n) is 7.09. The van der Waals surface area contributed by atoms with Gasteiger partial charge in [-0.1, -0.05) is 0 Å². The zero-order chi connectivity index (χ0) is 23.8. The maximum atomic E-state index is 12.9. The fraction of sp³-hybridized carbons (Fsp3) is 0.286. The molecule has 0 fully saturated rings. The van der Waals surface area contributed by atoms with Gasteiger partial charge in [-0.05, 0) is 18.2 Å². The first kappa shape index (κ1) is 22.4. The molecule has 0 bridgehead atoms.